The molecule has 0 aliphatic heterocycles. The molecule has 1 aromatic heterocycles. The fourth-order valence-corrected chi connectivity index (χ4v) is 1.69. The highest BCUT2D eigenvalue weighted by Crippen LogP contribution is 2.28. The molecule has 1 heterocycles. The van der Waals surface area contributed by atoms with Crippen molar-refractivity contribution in [2.75, 3.05) is 0 Å². The predicted molar refractivity (Wildman–Crippen MR) is 63.2 cm³/mol. The van der Waals surface area contributed by atoms with E-state index in [4.69, 9.17) is 23.2 Å². The number of halogens is 2. The molecule has 0 aliphatic carbocycles. The lowest BCUT2D eigenvalue weighted by molar-refractivity contribution is 1.24. The molecule has 2 rings (SSSR count). The zero-order valence-corrected chi connectivity index (χ0v) is 9.31. The number of aromatic amines is 1. The van der Waals surface area contributed by atoms with Gasteiger partial charge in [0.15, 0.2) is 0 Å². The summed E-state index contributed by atoms with van der Waals surface area (Å²) >= 11 is 11.9. The Morgan fingerprint density at radius 3 is 2.80 bits per heavy atom. The van der Waals surface area contributed by atoms with E-state index in [1.807, 2.05) is 0 Å². The monoisotopic (exact) mass is 238 g/mol. The first-order valence-corrected chi connectivity index (χ1v) is 5.08. The number of nitrogens with one attached hydrogen (secondary N) is 1. The molecule has 4 heteroatoms. The third-order valence-electron chi connectivity index (χ3n) is 2.04. The maximum Gasteiger partial charge on any atom is 0.137 e. The van der Waals surface area contributed by atoms with Crippen molar-refractivity contribution in [3.05, 3.63) is 58.6 Å². The van der Waals surface area contributed by atoms with E-state index in [2.05, 4.69) is 16.5 Å². The second-order valence-corrected chi connectivity index (χ2v) is 3.88. The summed E-state index contributed by atoms with van der Waals surface area (Å²) in [6.07, 6.45) is 3.40. The van der Waals surface area contributed by atoms with Gasteiger partial charge in [-0.25, -0.2) is 4.98 Å². The van der Waals surface area contributed by atoms with E-state index in [9.17, 15) is 0 Å². The van der Waals surface area contributed by atoms with Gasteiger partial charge in [0, 0.05) is 33.6 Å². The van der Waals surface area contributed by atoms with E-state index in [1.54, 1.807) is 30.6 Å². The van der Waals surface area contributed by atoms with Gasteiger partial charge in [-0.05, 0) is 18.2 Å². The third kappa shape index (κ3) is 2.06. The van der Waals surface area contributed by atoms with Crippen LogP contribution >= 0.6 is 23.2 Å². The molecule has 0 saturated heterocycles. The van der Waals surface area contributed by atoms with Crippen LogP contribution in [0.2, 0.25) is 10.0 Å². The van der Waals surface area contributed by atoms with Crippen LogP contribution in [0.1, 0.15) is 11.4 Å². The minimum absolute atomic E-state index is 0.612. The number of hydrogen-bond acceptors (Lipinski definition) is 1. The standard InChI is InChI=1S/C11H8Cl2N2/c1-7(11-14-4-5-15-11)9-6-8(12)2-3-10(9)13/h2-6H,1H2,(H,14,15). The van der Waals surface area contributed by atoms with Crippen molar-refractivity contribution in [2.45, 2.75) is 0 Å². The number of hydrogen-bond donors (Lipinski definition) is 1. The number of aromatic nitrogens is 2. The van der Waals surface area contributed by atoms with Gasteiger partial charge in [-0.2, -0.15) is 0 Å². The van der Waals surface area contributed by atoms with Crippen molar-refractivity contribution < 1.29 is 0 Å². The van der Waals surface area contributed by atoms with Gasteiger partial charge in [0.25, 0.3) is 0 Å². The van der Waals surface area contributed by atoms with Crippen LogP contribution in [0.3, 0.4) is 0 Å². The van der Waals surface area contributed by atoms with E-state index in [-0.39, 0.29) is 0 Å². The molecule has 2 nitrogen and oxygen atoms in total. The summed E-state index contributed by atoms with van der Waals surface area (Å²) in [5.41, 5.74) is 1.52. The number of H-pyrrole nitrogens is 1. The van der Waals surface area contributed by atoms with Gasteiger partial charge in [-0.15, -0.1) is 0 Å². The fourth-order valence-electron chi connectivity index (χ4n) is 1.29. The maximum absolute atomic E-state index is 6.05. The van der Waals surface area contributed by atoms with Crippen LogP contribution in [0, 0.1) is 0 Å². The molecule has 0 radical (unpaired) electrons. The van der Waals surface area contributed by atoms with Crippen LogP contribution in [-0.4, -0.2) is 9.97 Å². The summed E-state index contributed by atoms with van der Waals surface area (Å²) in [5, 5.41) is 1.24. The minimum Gasteiger partial charge on any atom is -0.345 e. The Hall–Kier alpha value is -1.25. The molecule has 0 fully saturated rings. The first-order chi connectivity index (χ1) is 7.18. The molecule has 76 valence electrons. The zero-order valence-electron chi connectivity index (χ0n) is 7.80. The normalized spacial score (nSPS) is 10.3. The number of imidazole rings is 1. The summed E-state index contributed by atoms with van der Waals surface area (Å²) in [4.78, 5) is 7.08. The van der Waals surface area contributed by atoms with Gasteiger partial charge in [0.1, 0.15) is 5.82 Å². The lowest BCUT2D eigenvalue weighted by Gasteiger charge is -2.05. The molecule has 0 spiro atoms. The summed E-state index contributed by atoms with van der Waals surface area (Å²) < 4.78 is 0. The van der Waals surface area contributed by atoms with Crippen LogP contribution in [0.4, 0.5) is 0 Å². The Kier molecular flexibility index (Phi) is 2.80. The smallest absolute Gasteiger partial charge is 0.137 e. The Morgan fingerprint density at radius 1 is 1.33 bits per heavy atom. The zero-order chi connectivity index (χ0) is 10.8. The second-order valence-electron chi connectivity index (χ2n) is 3.04. The minimum atomic E-state index is 0.612. The van der Waals surface area contributed by atoms with Gasteiger partial charge in [0.2, 0.25) is 0 Å². The first-order valence-electron chi connectivity index (χ1n) is 4.32. The molecule has 15 heavy (non-hydrogen) atoms. The molecule has 0 saturated carbocycles. The Morgan fingerprint density at radius 2 is 2.13 bits per heavy atom. The van der Waals surface area contributed by atoms with Crippen LogP contribution in [0.5, 0.6) is 0 Å². The largest absolute Gasteiger partial charge is 0.345 e. The van der Waals surface area contributed by atoms with Gasteiger partial charge in [0.05, 0.1) is 0 Å². The van der Waals surface area contributed by atoms with E-state index < -0.39 is 0 Å². The molecular formula is C11H8Cl2N2. The van der Waals surface area contributed by atoms with Crippen molar-refractivity contribution in [1.82, 2.24) is 9.97 Å². The molecule has 0 amide bonds. The lowest BCUT2D eigenvalue weighted by Crippen LogP contribution is -1.89. The summed E-state index contributed by atoms with van der Waals surface area (Å²) in [5.74, 6) is 0.694. The van der Waals surface area contributed by atoms with Crippen molar-refractivity contribution in [3.63, 3.8) is 0 Å². The molecule has 1 aromatic carbocycles. The van der Waals surface area contributed by atoms with E-state index in [0.29, 0.717) is 15.9 Å². The highest BCUT2D eigenvalue weighted by molar-refractivity contribution is 6.34. The van der Waals surface area contributed by atoms with Gasteiger partial charge < -0.3 is 4.98 Å². The lowest BCUT2D eigenvalue weighted by atomic mass is 10.1. The highest BCUT2D eigenvalue weighted by Gasteiger charge is 2.08. The summed E-state index contributed by atoms with van der Waals surface area (Å²) in [6.45, 7) is 3.93. The van der Waals surface area contributed by atoms with Crippen molar-refractivity contribution in [1.29, 1.82) is 0 Å². The average Bonchev–Trinajstić information content (AvgIpc) is 2.74. The van der Waals surface area contributed by atoms with Crippen LogP contribution < -0.4 is 0 Å². The number of benzene rings is 1. The molecular weight excluding hydrogens is 231 g/mol. The molecule has 2 aromatic rings. The first kappa shape index (κ1) is 10.3. The van der Waals surface area contributed by atoms with E-state index >= 15 is 0 Å². The topological polar surface area (TPSA) is 28.7 Å². The maximum atomic E-state index is 6.05. The molecule has 1 N–H and O–H groups in total. The third-order valence-corrected chi connectivity index (χ3v) is 2.60. The van der Waals surface area contributed by atoms with E-state index in [1.165, 1.54) is 0 Å². The molecule has 0 bridgehead atoms. The molecule has 0 unspecified atom stereocenters. The Labute approximate surface area is 97.6 Å². The molecule has 0 aliphatic rings. The summed E-state index contributed by atoms with van der Waals surface area (Å²) in [6, 6.07) is 5.25. The summed E-state index contributed by atoms with van der Waals surface area (Å²) in [7, 11) is 0. The van der Waals surface area contributed by atoms with Crippen LogP contribution in [-0.2, 0) is 0 Å². The van der Waals surface area contributed by atoms with Gasteiger partial charge in [-0.3, -0.25) is 0 Å². The van der Waals surface area contributed by atoms with E-state index in [0.717, 1.165) is 11.1 Å². The Balaban J connectivity index is 2.46. The average molecular weight is 239 g/mol. The second kappa shape index (κ2) is 4.09. The Bertz CT molecular complexity index is 489. The predicted octanol–water partition coefficient (Wildman–Crippen LogP) is 3.78. The SMILES string of the molecule is C=C(c1ncc[nH]1)c1cc(Cl)ccc1Cl. The van der Waals surface area contributed by atoms with Crippen LogP contribution in [0.25, 0.3) is 5.57 Å². The van der Waals surface area contributed by atoms with Crippen molar-refractivity contribution >= 4 is 28.8 Å². The number of rotatable bonds is 2. The number of nitrogens with zero attached hydrogens (tertiary/aromatic N) is 1. The van der Waals surface area contributed by atoms with Gasteiger partial charge >= 0.3 is 0 Å². The molecule has 0 atom stereocenters. The quantitative estimate of drug-likeness (QED) is 0.848. The highest BCUT2D eigenvalue weighted by atomic mass is 35.5. The van der Waals surface area contributed by atoms with Crippen molar-refractivity contribution in [3.8, 4) is 0 Å². The van der Waals surface area contributed by atoms with Crippen molar-refractivity contribution in [2.24, 2.45) is 0 Å². The van der Waals surface area contributed by atoms with Gasteiger partial charge in [-0.1, -0.05) is 29.8 Å². The fraction of sp³-hybridized carbons (Fsp3) is 0. The van der Waals surface area contributed by atoms with Crippen LogP contribution in [0.15, 0.2) is 37.2 Å².